The first-order valence-electron chi connectivity index (χ1n) is 8.04. The molecule has 0 spiro atoms. The molecule has 1 aliphatic carbocycles. The van der Waals surface area contributed by atoms with Crippen molar-refractivity contribution in [2.75, 3.05) is 0 Å². The summed E-state index contributed by atoms with van der Waals surface area (Å²) in [6.45, 7) is 4.57. The van der Waals surface area contributed by atoms with Crippen molar-refractivity contribution < 1.29 is 0 Å². The third kappa shape index (κ3) is 1.91. The highest BCUT2D eigenvalue weighted by Crippen LogP contribution is 2.48. The van der Waals surface area contributed by atoms with Crippen LogP contribution < -0.4 is 0 Å². The second kappa shape index (κ2) is 5.14. The minimum atomic E-state index is 0.367. The molecule has 0 saturated heterocycles. The lowest BCUT2D eigenvalue weighted by Gasteiger charge is -2.20. The van der Waals surface area contributed by atoms with Gasteiger partial charge in [0.25, 0.3) is 0 Å². The van der Waals surface area contributed by atoms with E-state index < -0.39 is 0 Å². The molecule has 0 aromatic heterocycles. The molecule has 0 bridgehead atoms. The molecule has 0 fully saturated rings. The van der Waals surface area contributed by atoms with Gasteiger partial charge < -0.3 is 0 Å². The molecule has 0 heteroatoms. The van der Waals surface area contributed by atoms with Gasteiger partial charge in [0.05, 0.1) is 0 Å². The lowest BCUT2D eigenvalue weighted by Crippen LogP contribution is -2.04. The van der Waals surface area contributed by atoms with E-state index in [2.05, 4.69) is 86.6 Å². The Morgan fingerprint density at radius 1 is 0.591 bits per heavy atom. The third-order valence-corrected chi connectivity index (χ3v) is 4.76. The Balaban J connectivity index is 2.00. The van der Waals surface area contributed by atoms with Gasteiger partial charge in [-0.2, -0.15) is 0 Å². The molecule has 0 radical (unpaired) electrons. The van der Waals surface area contributed by atoms with E-state index >= 15 is 0 Å². The Kier molecular flexibility index (Phi) is 3.11. The molecule has 3 aromatic carbocycles. The van der Waals surface area contributed by atoms with Crippen LogP contribution in [0.5, 0.6) is 0 Å². The highest BCUT2D eigenvalue weighted by Gasteiger charge is 2.30. The topological polar surface area (TPSA) is 0 Å². The zero-order valence-corrected chi connectivity index (χ0v) is 13.1. The van der Waals surface area contributed by atoms with E-state index in [0.717, 1.165) is 0 Å². The first-order chi connectivity index (χ1) is 10.8. The Morgan fingerprint density at radius 2 is 1.05 bits per heavy atom. The second-order valence-electron chi connectivity index (χ2n) is 6.39. The van der Waals surface area contributed by atoms with Gasteiger partial charge in [0, 0.05) is 5.92 Å². The lowest BCUT2D eigenvalue weighted by atomic mass is 9.83. The van der Waals surface area contributed by atoms with Crippen LogP contribution in [0.15, 0.2) is 72.8 Å². The van der Waals surface area contributed by atoms with Crippen molar-refractivity contribution >= 4 is 0 Å². The van der Waals surface area contributed by atoms with Crippen molar-refractivity contribution in [3.8, 4) is 11.1 Å². The van der Waals surface area contributed by atoms with Gasteiger partial charge in [-0.25, -0.2) is 0 Å². The summed E-state index contributed by atoms with van der Waals surface area (Å²) in [4.78, 5) is 0. The predicted molar refractivity (Wildman–Crippen MR) is 93.4 cm³/mol. The van der Waals surface area contributed by atoms with Crippen LogP contribution in [0.4, 0.5) is 0 Å². The molecule has 0 atom stereocenters. The fourth-order valence-electron chi connectivity index (χ4n) is 3.79. The Labute approximate surface area is 132 Å². The van der Waals surface area contributed by atoms with Crippen molar-refractivity contribution in [2.24, 2.45) is 0 Å². The van der Waals surface area contributed by atoms with Gasteiger partial charge in [-0.15, -0.1) is 0 Å². The van der Waals surface area contributed by atoms with E-state index in [1.165, 1.54) is 33.4 Å². The summed E-state index contributed by atoms with van der Waals surface area (Å²) >= 11 is 0. The second-order valence-corrected chi connectivity index (χ2v) is 6.39. The van der Waals surface area contributed by atoms with Crippen molar-refractivity contribution in [3.05, 3.63) is 95.1 Å². The molecule has 1 aliphatic rings. The number of rotatable bonds is 2. The fourth-order valence-corrected chi connectivity index (χ4v) is 3.79. The van der Waals surface area contributed by atoms with E-state index in [0.29, 0.717) is 11.8 Å². The first kappa shape index (κ1) is 13.3. The molecular weight excluding hydrogens is 264 g/mol. The fraction of sp³-hybridized carbons (Fsp3) is 0.182. The molecule has 0 saturated carbocycles. The van der Waals surface area contributed by atoms with Crippen LogP contribution in [0, 0.1) is 0 Å². The molecule has 22 heavy (non-hydrogen) atoms. The zero-order chi connectivity index (χ0) is 15.1. The maximum Gasteiger partial charge on any atom is 0.0355 e. The third-order valence-electron chi connectivity index (χ3n) is 4.76. The Morgan fingerprint density at radius 3 is 1.59 bits per heavy atom. The summed E-state index contributed by atoms with van der Waals surface area (Å²) in [5.74, 6) is 0.905. The monoisotopic (exact) mass is 284 g/mol. The van der Waals surface area contributed by atoms with Gasteiger partial charge in [-0.3, -0.25) is 0 Å². The maximum atomic E-state index is 2.30. The minimum Gasteiger partial charge on any atom is -0.0620 e. The highest BCUT2D eigenvalue weighted by molar-refractivity contribution is 5.80. The van der Waals surface area contributed by atoms with Gasteiger partial charge in [0.2, 0.25) is 0 Å². The van der Waals surface area contributed by atoms with Gasteiger partial charge in [0.1, 0.15) is 0 Å². The van der Waals surface area contributed by atoms with E-state index in [9.17, 15) is 0 Å². The molecule has 0 heterocycles. The van der Waals surface area contributed by atoms with Crippen LogP contribution in [0.3, 0.4) is 0 Å². The number of hydrogen-bond donors (Lipinski definition) is 0. The van der Waals surface area contributed by atoms with Crippen LogP contribution in [-0.2, 0) is 0 Å². The van der Waals surface area contributed by atoms with E-state index in [1.54, 1.807) is 0 Å². The van der Waals surface area contributed by atoms with Gasteiger partial charge in [0.15, 0.2) is 0 Å². The quantitative estimate of drug-likeness (QED) is 0.425. The standard InChI is InChI=1S/C22H20/c1-15(2)16-9-3-6-12-19(16)22-20-13-7-4-10-17(20)18-11-5-8-14-21(18)22/h3-15,22H,1-2H3. The van der Waals surface area contributed by atoms with Gasteiger partial charge >= 0.3 is 0 Å². The molecule has 108 valence electrons. The molecule has 0 amide bonds. The van der Waals surface area contributed by atoms with Crippen LogP contribution in [0.25, 0.3) is 11.1 Å². The molecular formula is C22H20. The number of benzene rings is 3. The summed E-state index contributed by atoms with van der Waals surface area (Å²) in [5.41, 5.74) is 8.57. The number of fused-ring (bicyclic) bond motifs is 3. The zero-order valence-electron chi connectivity index (χ0n) is 13.1. The van der Waals surface area contributed by atoms with Gasteiger partial charge in [-0.05, 0) is 39.3 Å². The molecule has 0 unspecified atom stereocenters. The number of hydrogen-bond acceptors (Lipinski definition) is 0. The van der Waals surface area contributed by atoms with Crippen molar-refractivity contribution in [1.29, 1.82) is 0 Å². The largest absolute Gasteiger partial charge is 0.0620 e. The van der Waals surface area contributed by atoms with Crippen molar-refractivity contribution in [2.45, 2.75) is 25.7 Å². The summed E-state index contributed by atoms with van der Waals surface area (Å²) in [6.07, 6.45) is 0. The average Bonchev–Trinajstić information content (AvgIpc) is 2.89. The van der Waals surface area contributed by atoms with Gasteiger partial charge in [-0.1, -0.05) is 86.6 Å². The first-order valence-corrected chi connectivity index (χ1v) is 8.04. The van der Waals surface area contributed by atoms with Crippen molar-refractivity contribution in [3.63, 3.8) is 0 Å². The SMILES string of the molecule is CC(C)c1ccccc1C1c2ccccc2-c2ccccc21. The Hall–Kier alpha value is -2.34. The van der Waals surface area contributed by atoms with Crippen LogP contribution in [-0.4, -0.2) is 0 Å². The van der Waals surface area contributed by atoms with Crippen molar-refractivity contribution in [1.82, 2.24) is 0 Å². The highest BCUT2D eigenvalue weighted by atomic mass is 14.3. The average molecular weight is 284 g/mol. The smallest absolute Gasteiger partial charge is 0.0355 e. The summed E-state index contributed by atoms with van der Waals surface area (Å²) in [5, 5.41) is 0. The maximum absolute atomic E-state index is 2.30. The van der Waals surface area contributed by atoms with Crippen LogP contribution in [0.1, 0.15) is 47.9 Å². The van der Waals surface area contributed by atoms with Crippen LogP contribution >= 0.6 is 0 Å². The van der Waals surface area contributed by atoms with E-state index in [-0.39, 0.29) is 0 Å². The molecule has 0 nitrogen and oxygen atoms in total. The molecule has 4 rings (SSSR count). The molecule has 0 aliphatic heterocycles. The predicted octanol–water partition coefficient (Wildman–Crippen LogP) is 5.97. The summed E-state index contributed by atoms with van der Waals surface area (Å²) in [6, 6.07) is 26.6. The van der Waals surface area contributed by atoms with Crippen LogP contribution in [0.2, 0.25) is 0 Å². The molecule has 3 aromatic rings. The van der Waals surface area contributed by atoms with E-state index in [1.807, 2.05) is 0 Å². The van der Waals surface area contributed by atoms with E-state index in [4.69, 9.17) is 0 Å². The normalized spacial score (nSPS) is 13.2. The minimum absolute atomic E-state index is 0.367. The summed E-state index contributed by atoms with van der Waals surface area (Å²) in [7, 11) is 0. The summed E-state index contributed by atoms with van der Waals surface area (Å²) < 4.78 is 0. The Bertz CT molecular complexity index is 781. The lowest BCUT2D eigenvalue weighted by molar-refractivity contribution is 0.832. The molecule has 0 N–H and O–H groups in total.